The zero-order valence-electron chi connectivity index (χ0n) is 11.4. The number of hydrogen-bond acceptors (Lipinski definition) is 3. The molecule has 20 heavy (non-hydrogen) atoms. The number of phenols is 1. The number of carboxylic acids is 1. The third-order valence-corrected chi connectivity index (χ3v) is 2.78. The second kappa shape index (κ2) is 7.99. The van der Waals surface area contributed by atoms with E-state index in [0.29, 0.717) is 6.42 Å². The van der Waals surface area contributed by atoms with Gasteiger partial charge in [0.2, 0.25) is 5.91 Å². The predicted octanol–water partition coefficient (Wildman–Crippen LogP) is 2.16. The van der Waals surface area contributed by atoms with Gasteiger partial charge in [-0.25, -0.2) is 4.79 Å². The van der Waals surface area contributed by atoms with Gasteiger partial charge in [0.25, 0.3) is 0 Å². The van der Waals surface area contributed by atoms with Crippen LogP contribution in [0.1, 0.15) is 31.7 Å². The largest absolute Gasteiger partial charge is 0.508 e. The van der Waals surface area contributed by atoms with E-state index in [4.69, 9.17) is 10.2 Å². The molecule has 0 aliphatic heterocycles. The monoisotopic (exact) mass is 277 g/mol. The Hall–Kier alpha value is -2.30. The van der Waals surface area contributed by atoms with Crippen molar-refractivity contribution in [1.82, 2.24) is 5.32 Å². The topological polar surface area (TPSA) is 86.6 Å². The van der Waals surface area contributed by atoms with Crippen LogP contribution in [0.5, 0.6) is 5.75 Å². The minimum Gasteiger partial charge on any atom is -0.508 e. The van der Waals surface area contributed by atoms with Gasteiger partial charge in [0.05, 0.1) is 0 Å². The van der Waals surface area contributed by atoms with E-state index >= 15 is 0 Å². The zero-order valence-corrected chi connectivity index (χ0v) is 11.4. The Morgan fingerprint density at radius 2 is 1.95 bits per heavy atom. The van der Waals surface area contributed by atoms with E-state index in [1.165, 1.54) is 18.2 Å². The van der Waals surface area contributed by atoms with Crippen LogP contribution in [0, 0.1) is 0 Å². The fourth-order valence-electron chi connectivity index (χ4n) is 1.64. The number of unbranched alkanes of at least 4 members (excludes halogenated alkanes) is 1. The second-order valence-corrected chi connectivity index (χ2v) is 4.47. The molecule has 0 radical (unpaired) electrons. The first-order chi connectivity index (χ1) is 9.52. The molecule has 0 fully saturated rings. The third kappa shape index (κ3) is 5.56. The quantitative estimate of drug-likeness (QED) is 0.667. The van der Waals surface area contributed by atoms with Crippen LogP contribution in [-0.4, -0.2) is 28.1 Å². The molecule has 3 N–H and O–H groups in total. The number of aromatic hydroxyl groups is 1. The molecular formula is C15H19NO4. The van der Waals surface area contributed by atoms with Crippen molar-refractivity contribution in [3.05, 3.63) is 35.9 Å². The number of nitrogens with one attached hydrogen (secondary N) is 1. The molecule has 0 spiro atoms. The number of carbonyl (C=O) groups excluding carboxylic acids is 1. The predicted molar refractivity (Wildman–Crippen MR) is 76.2 cm³/mol. The van der Waals surface area contributed by atoms with E-state index in [-0.39, 0.29) is 5.75 Å². The fourth-order valence-corrected chi connectivity index (χ4v) is 1.64. The molecule has 1 aromatic carbocycles. The van der Waals surface area contributed by atoms with Gasteiger partial charge in [0.15, 0.2) is 0 Å². The maximum Gasteiger partial charge on any atom is 0.326 e. The lowest BCUT2D eigenvalue weighted by molar-refractivity contribution is -0.141. The Kier molecular flexibility index (Phi) is 6.29. The van der Waals surface area contributed by atoms with Crippen LogP contribution in [0.2, 0.25) is 0 Å². The molecular weight excluding hydrogens is 258 g/mol. The molecule has 0 saturated carbocycles. The summed E-state index contributed by atoms with van der Waals surface area (Å²) in [5.74, 6) is -1.32. The van der Waals surface area contributed by atoms with Crippen LogP contribution in [0.4, 0.5) is 0 Å². The van der Waals surface area contributed by atoms with Crippen LogP contribution in [0.3, 0.4) is 0 Å². The third-order valence-electron chi connectivity index (χ3n) is 2.78. The Balaban J connectivity index is 2.56. The van der Waals surface area contributed by atoms with Crippen LogP contribution in [0.25, 0.3) is 6.08 Å². The van der Waals surface area contributed by atoms with Gasteiger partial charge in [-0.2, -0.15) is 0 Å². The molecule has 5 heteroatoms. The first-order valence-corrected chi connectivity index (χ1v) is 6.53. The molecule has 0 bridgehead atoms. The molecule has 5 nitrogen and oxygen atoms in total. The average molecular weight is 277 g/mol. The molecule has 1 atom stereocenters. The minimum atomic E-state index is -1.02. The Labute approximate surface area is 117 Å². The summed E-state index contributed by atoms with van der Waals surface area (Å²) in [6, 6.07) is 5.49. The van der Waals surface area contributed by atoms with Crippen LogP contribution < -0.4 is 5.32 Å². The van der Waals surface area contributed by atoms with E-state index in [1.54, 1.807) is 18.2 Å². The summed E-state index contributed by atoms with van der Waals surface area (Å²) >= 11 is 0. The lowest BCUT2D eigenvalue weighted by Crippen LogP contribution is -2.39. The highest BCUT2D eigenvalue weighted by Crippen LogP contribution is 2.10. The molecule has 1 aromatic rings. The minimum absolute atomic E-state index is 0.150. The van der Waals surface area contributed by atoms with Gasteiger partial charge >= 0.3 is 5.97 Å². The first-order valence-electron chi connectivity index (χ1n) is 6.53. The summed E-state index contributed by atoms with van der Waals surface area (Å²) in [6.07, 6.45) is 4.90. The van der Waals surface area contributed by atoms with Crippen molar-refractivity contribution in [1.29, 1.82) is 0 Å². The summed E-state index contributed by atoms with van der Waals surface area (Å²) in [7, 11) is 0. The number of rotatable bonds is 7. The van der Waals surface area contributed by atoms with E-state index in [9.17, 15) is 9.59 Å². The van der Waals surface area contributed by atoms with E-state index < -0.39 is 17.9 Å². The number of carbonyl (C=O) groups is 2. The smallest absolute Gasteiger partial charge is 0.326 e. The van der Waals surface area contributed by atoms with Crippen molar-refractivity contribution in [2.45, 2.75) is 32.2 Å². The summed E-state index contributed by atoms with van der Waals surface area (Å²) in [4.78, 5) is 22.6. The normalized spacial score (nSPS) is 12.2. The standard InChI is InChI=1S/C15H19NO4/c1-2-3-4-13(15(19)20)16-14(18)10-7-11-5-8-12(17)9-6-11/h5-10,13,17H,2-4H2,1H3,(H,16,18)(H,19,20)/b10-7+/t13-/m0/s1. The lowest BCUT2D eigenvalue weighted by atomic mass is 10.1. The average Bonchev–Trinajstić information content (AvgIpc) is 2.42. The van der Waals surface area contributed by atoms with Gasteiger partial charge in [0, 0.05) is 6.08 Å². The Morgan fingerprint density at radius 1 is 1.30 bits per heavy atom. The fraction of sp³-hybridized carbons (Fsp3) is 0.333. The zero-order chi connectivity index (χ0) is 15.0. The van der Waals surface area contributed by atoms with Crippen molar-refractivity contribution in [3.63, 3.8) is 0 Å². The Morgan fingerprint density at radius 3 is 2.50 bits per heavy atom. The van der Waals surface area contributed by atoms with E-state index in [0.717, 1.165) is 18.4 Å². The lowest BCUT2D eigenvalue weighted by Gasteiger charge is -2.12. The number of amides is 1. The molecule has 0 unspecified atom stereocenters. The molecule has 0 aliphatic carbocycles. The van der Waals surface area contributed by atoms with Gasteiger partial charge in [0.1, 0.15) is 11.8 Å². The highest BCUT2D eigenvalue weighted by atomic mass is 16.4. The van der Waals surface area contributed by atoms with Crippen LogP contribution in [-0.2, 0) is 9.59 Å². The number of benzene rings is 1. The van der Waals surface area contributed by atoms with Crippen molar-refractivity contribution < 1.29 is 19.8 Å². The first kappa shape index (κ1) is 15.8. The highest BCUT2D eigenvalue weighted by Gasteiger charge is 2.17. The summed E-state index contributed by atoms with van der Waals surface area (Å²) in [5, 5.41) is 20.6. The SMILES string of the molecule is CCCC[C@H](NC(=O)/C=C/c1ccc(O)cc1)C(=O)O. The summed E-state index contributed by atoms with van der Waals surface area (Å²) in [6.45, 7) is 1.96. The summed E-state index contributed by atoms with van der Waals surface area (Å²) < 4.78 is 0. The maximum atomic E-state index is 11.7. The van der Waals surface area contributed by atoms with Crippen LogP contribution >= 0.6 is 0 Å². The van der Waals surface area contributed by atoms with Crippen molar-refractivity contribution in [2.24, 2.45) is 0 Å². The van der Waals surface area contributed by atoms with Crippen molar-refractivity contribution >= 4 is 18.0 Å². The molecule has 0 aromatic heterocycles. The van der Waals surface area contributed by atoms with Gasteiger partial charge < -0.3 is 15.5 Å². The van der Waals surface area contributed by atoms with Crippen molar-refractivity contribution in [3.8, 4) is 5.75 Å². The van der Waals surface area contributed by atoms with Gasteiger partial charge in [-0.15, -0.1) is 0 Å². The number of hydrogen-bond donors (Lipinski definition) is 3. The van der Waals surface area contributed by atoms with Crippen LogP contribution in [0.15, 0.2) is 30.3 Å². The molecule has 108 valence electrons. The molecule has 0 aliphatic rings. The second-order valence-electron chi connectivity index (χ2n) is 4.47. The van der Waals surface area contributed by atoms with Gasteiger partial charge in [-0.05, 0) is 30.2 Å². The number of phenolic OH excluding ortho intramolecular Hbond substituents is 1. The molecule has 0 saturated heterocycles. The molecule has 1 amide bonds. The number of carboxylic acid groups (broad SMARTS) is 1. The Bertz CT molecular complexity index is 479. The van der Waals surface area contributed by atoms with Gasteiger partial charge in [-0.3, -0.25) is 4.79 Å². The van der Waals surface area contributed by atoms with E-state index in [2.05, 4.69) is 5.32 Å². The highest BCUT2D eigenvalue weighted by molar-refractivity contribution is 5.94. The molecule has 0 heterocycles. The molecule has 1 rings (SSSR count). The van der Waals surface area contributed by atoms with Crippen molar-refractivity contribution in [2.75, 3.05) is 0 Å². The maximum absolute atomic E-state index is 11.7. The number of aliphatic carboxylic acids is 1. The van der Waals surface area contributed by atoms with E-state index in [1.807, 2.05) is 6.92 Å². The van der Waals surface area contributed by atoms with Gasteiger partial charge in [-0.1, -0.05) is 31.9 Å². The summed E-state index contributed by atoms with van der Waals surface area (Å²) in [5.41, 5.74) is 0.749.